The molecule has 0 aliphatic rings. The Hall–Kier alpha value is -3.86. The van der Waals surface area contributed by atoms with Crippen LogP contribution in [0.3, 0.4) is 0 Å². The quantitative estimate of drug-likeness (QED) is 0.759. The molecule has 2 aromatic heterocycles. The van der Waals surface area contributed by atoms with Crippen LogP contribution in [0.1, 0.15) is 22.8 Å². The Labute approximate surface area is 143 Å². The van der Waals surface area contributed by atoms with Gasteiger partial charge in [0.15, 0.2) is 11.4 Å². The minimum absolute atomic E-state index is 0.0463. The number of hydrogen-bond donors (Lipinski definition) is 1. The highest BCUT2D eigenvalue weighted by molar-refractivity contribution is 5.55. The predicted molar refractivity (Wildman–Crippen MR) is 79.9 cm³/mol. The zero-order valence-electron chi connectivity index (χ0n) is 12.8. The fraction of sp³-hybridized carbons (Fsp3) is 0.133. The number of alkyl halides is 3. The number of halogens is 3. The molecule has 0 amide bonds. The maximum absolute atomic E-state index is 12.6. The van der Waals surface area contributed by atoms with E-state index in [0.29, 0.717) is 5.56 Å². The SMILES string of the molecule is N#Cc1nc(N)n(Cc2nc(-c3ccc(C(F)(F)F)cc3)no2)c1C#N. The Morgan fingerprint density at radius 3 is 2.38 bits per heavy atom. The average Bonchev–Trinajstić information content (AvgIpc) is 3.19. The van der Waals surface area contributed by atoms with Crippen molar-refractivity contribution in [1.82, 2.24) is 19.7 Å². The van der Waals surface area contributed by atoms with Gasteiger partial charge in [0, 0.05) is 5.56 Å². The lowest BCUT2D eigenvalue weighted by Gasteiger charge is -2.05. The number of nitriles is 2. The van der Waals surface area contributed by atoms with Crippen molar-refractivity contribution < 1.29 is 17.7 Å². The van der Waals surface area contributed by atoms with Crippen LogP contribution in [0.5, 0.6) is 0 Å². The lowest BCUT2D eigenvalue weighted by Crippen LogP contribution is -2.07. The standard InChI is InChI=1S/C15H8F3N7O/c16-15(17,18)9-3-1-8(2-4-9)13-23-12(26-24-13)7-25-11(6-20)10(5-19)22-14(25)21/h1-4H,7H2,(H2,21,22). The first-order valence-electron chi connectivity index (χ1n) is 7.00. The summed E-state index contributed by atoms with van der Waals surface area (Å²) in [7, 11) is 0. The van der Waals surface area contributed by atoms with Crippen molar-refractivity contribution >= 4 is 5.95 Å². The summed E-state index contributed by atoms with van der Waals surface area (Å²) in [5, 5.41) is 21.7. The van der Waals surface area contributed by atoms with Crippen molar-refractivity contribution in [2.75, 3.05) is 5.73 Å². The third-order valence-electron chi connectivity index (χ3n) is 3.44. The van der Waals surface area contributed by atoms with Gasteiger partial charge in [-0.15, -0.1) is 0 Å². The molecule has 8 nitrogen and oxygen atoms in total. The van der Waals surface area contributed by atoms with E-state index in [4.69, 9.17) is 20.8 Å². The van der Waals surface area contributed by atoms with Gasteiger partial charge in [0.25, 0.3) is 0 Å². The zero-order valence-corrected chi connectivity index (χ0v) is 12.8. The molecule has 26 heavy (non-hydrogen) atoms. The molecule has 0 saturated carbocycles. The predicted octanol–water partition coefficient (Wildman–Crippen LogP) is 2.33. The second-order valence-corrected chi connectivity index (χ2v) is 5.06. The van der Waals surface area contributed by atoms with Crippen molar-refractivity contribution in [3.63, 3.8) is 0 Å². The molecule has 3 aromatic rings. The van der Waals surface area contributed by atoms with Crippen LogP contribution in [0.4, 0.5) is 19.1 Å². The van der Waals surface area contributed by atoms with Gasteiger partial charge < -0.3 is 10.3 Å². The Kier molecular flexibility index (Phi) is 4.06. The number of hydrogen-bond acceptors (Lipinski definition) is 7. The van der Waals surface area contributed by atoms with Gasteiger partial charge in [-0.25, -0.2) is 4.98 Å². The van der Waals surface area contributed by atoms with Crippen molar-refractivity contribution in [3.05, 3.63) is 47.1 Å². The number of nitrogens with two attached hydrogens (primary N) is 1. The monoisotopic (exact) mass is 359 g/mol. The van der Waals surface area contributed by atoms with E-state index in [-0.39, 0.29) is 35.6 Å². The maximum Gasteiger partial charge on any atom is 0.416 e. The van der Waals surface area contributed by atoms with Gasteiger partial charge in [-0.2, -0.15) is 28.7 Å². The number of nitrogen functional groups attached to an aromatic ring is 1. The maximum atomic E-state index is 12.6. The normalized spacial score (nSPS) is 11.1. The van der Waals surface area contributed by atoms with Gasteiger partial charge in [-0.05, 0) is 12.1 Å². The summed E-state index contributed by atoms with van der Waals surface area (Å²) in [6.07, 6.45) is -4.44. The topological polar surface area (TPSA) is 130 Å². The van der Waals surface area contributed by atoms with Crippen LogP contribution < -0.4 is 5.73 Å². The average molecular weight is 359 g/mol. The molecular formula is C15H8F3N7O. The third-order valence-corrected chi connectivity index (χ3v) is 3.44. The lowest BCUT2D eigenvalue weighted by molar-refractivity contribution is -0.137. The van der Waals surface area contributed by atoms with Crippen molar-refractivity contribution in [1.29, 1.82) is 10.5 Å². The Morgan fingerprint density at radius 1 is 1.12 bits per heavy atom. The van der Waals surface area contributed by atoms with E-state index in [0.717, 1.165) is 12.1 Å². The van der Waals surface area contributed by atoms with Crippen LogP contribution in [-0.2, 0) is 12.7 Å². The smallest absolute Gasteiger partial charge is 0.369 e. The molecule has 3 rings (SSSR count). The summed E-state index contributed by atoms with van der Waals surface area (Å²) in [5.41, 5.74) is 5.01. The molecule has 0 spiro atoms. The van der Waals surface area contributed by atoms with Crippen LogP contribution in [-0.4, -0.2) is 19.7 Å². The fourth-order valence-corrected chi connectivity index (χ4v) is 2.20. The molecule has 0 radical (unpaired) electrons. The van der Waals surface area contributed by atoms with Crippen LogP contribution >= 0.6 is 0 Å². The summed E-state index contributed by atoms with van der Waals surface area (Å²) in [6.45, 7) is -0.114. The van der Waals surface area contributed by atoms with Gasteiger partial charge in [-0.3, -0.25) is 4.57 Å². The number of aromatic nitrogens is 4. The van der Waals surface area contributed by atoms with E-state index in [1.54, 1.807) is 6.07 Å². The molecule has 0 aliphatic heterocycles. The molecular weight excluding hydrogens is 351 g/mol. The van der Waals surface area contributed by atoms with Gasteiger partial charge in [0.1, 0.15) is 18.7 Å². The number of benzene rings is 1. The summed E-state index contributed by atoms with van der Waals surface area (Å²) in [5.74, 6) is 0.0452. The van der Waals surface area contributed by atoms with Crippen LogP contribution in [0.15, 0.2) is 28.8 Å². The van der Waals surface area contributed by atoms with Crippen LogP contribution in [0.25, 0.3) is 11.4 Å². The molecule has 2 heterocycles. The van der Waals surface area contributed by atoms with E-state index in [1.807, 2.05) is 6.07 Å². The Balaban J connectivity index is 1.87. The summed E-state index contributed by atoms with van der Waals surface area (Å²) in [4.78, 5) is 7.82. The molecule has 2 N–H and O–H groups in total. The van der Waals surface area contributed by atoms with Crippen LogP contribution in [0.2, 0.25) is 0 Å². The number of rotatable bonds is 3. The summed E-state index contributed by atoms with van der Waals surface area (Å²) in [6, 6.07) is 7.82. The third kappa shape index (κ3) is 3.06. The highest BCUT2D eigenvalue weighted by atomic mass is 19.4. The van der Waals surface area contributed by atoms with Crippen molar-refractivity contribution in [3.8, 4) is 23.5 Å². The lowest BCUT2D eigenvalue weighted by atomic mass is 10.1. The van der Waals surface area contributed by atoms with Gasteiger partial charge in [-0.1, -0.05) is 17.3 Å². The van der Waals surface area contributed by atoms with Crippen molar-refractivity contribution in [2.45, 2.75) is 12.7 Å². The van der Waals surface area contributed by atoms with Gasteiger partial charge in [0.2, 0.25) is 17.7 Å². The number of imidazole rings is 1. The van der Waals surface area contributed by atoms with E-state index >= 15 is 0 Å². The molecule has 0 unspecified atom stereocenters. The molecule has 11 heteroatoms. The molecule has 0 bridgehead atoms. The highest BCUT2D eigenvalue weighted by Gasteiger charge is 2.30. The summed E-state index contributed by atoms with van der Waals surface area (Å²) < 4.78 is 44.0. The first kappa shape index (κ1) is 17.0. The second-order valence-electron chi connectivity index (χ2n) is 5.06. The first-order valence-corrected chi connectivity index (χ1v) is 7.00. The fourth-order valence-electron chi connectivity index (χ4n) is 2.20. The van der Waals surface area contributed by atoms with E-state index < -0.39 is 11.7 Å². The minimum Gasteiger partial charge on any atom is -0.369 e. The Bertz CT molecular complexity index is 1040. The molecule has 0 saturated heterocycles. The first-order chi connectivity index (χ1) is 12.3. The molecule has 0 aliphatic carbocycles. The molecule has 130 valence electrons. The molecule has 0 fully saturated rings. The largest absolute Gasteiger partial charge is 0.416 e. The van der Waals surface area contributed by atoms with E-state index in [9.17, 15) is 13.2 Å². The second kappa shape index (κ2) is 6.22. The zero-order chi connectivity index (χ0) is 18.9. The summed E-state index contributed by atoms with van der Waals surface area (Å²) >= 11 is 0. The minimum atomic E-state index is -4.44. The molecule has 0 atom stereocenters. The van der Waals surface area contributed by atoms with Gasteiger partial charge in [0.05, 0.1) is 5.56 Å². The van der Waals surface area contributed by atoms with Crippen molar-refractivity contribution in [2.24, 2.45) is 0 Å². The highest BCUT2D eigenvalue weighted by Crippen LogP contribution is 2.30. The molecule has 1 aromatic carbocycles. The van der Waals surface area contributed by atoms with E-state index in [1.165, 1.54) is 16.7 Å². The Morgan fingerprint density at radius 2 is 1.81 bits per heavy atom. The van der Waals surface area contributed by atoms with E-state index in [2.05, 4.69) is 15.1 Å². The van der Waals surface area contributed by atoms with Gasteiger partial charge >= 0.3 is 6.18 Å². The van der Waals surface area contributed by atoms with Crippen LogP contribution in [0, 0.1) is 22.7 Å². The number of nitrogens with zero attached hydrogens (tertiary/aromatic N) is 6. The number of anilines is 1.